The summed E-state index contributed by atoms with van der Waals surface area (Å²) in [5.74, 6) is -1.40. The van der Waals surface area contributed by atoms with Gasteiger partial charge in [0.2, 0.25) is 0 Å². The van der Waals surface area contributed by atoms with Gasteiger partial charge in [-0.15, -0.1) is 0 Å². The lowest BCUT2D eigenvalue weighted by atomic mass is 10.4. The summed E-state index contributed by atoms with van der Waals surface area (Å²) in [6, 6.07) is 0. The third-order valence-electron chi connectivity index (χ3n) is 1.01. The highest BCUT2D eigenvalue weighted by Gasteiger charge is 2.26. The Morgan fingerprint density at radius 1 is 1.70 bits per heavy atom. The third kappa shape index (κ3) is 2.32. The predicted molar refractivity (Wildman–Crippen MR) is 35.3 cm³/mol. The van der Waals surface area contributed by atoms with Crippen molar-refractivity contribution in [3.05, 3.63) is 0 Å². The van der Waals surface area contributed by atoms with Crippen LogP contribution in [-0.2, 0) is 14.6 Å². The summed E-state index contributed by atoms with van der Waals surface area (Å²) in [7, 11) is -3.54. The van der Waals surface area contributed by atoms with Gasteiger partial charge in [0.25, 0.3) is 0 Å². The first kappa shape index (κ1) is 9.38. The average Bonchev–Trinajstić information content (AvgIpc) is 1.60. The van der Waals surface area contributed by atoms with Crippen LogP contribution >= 0.6 is 0 Å². The Morgan fingerprint density at radius 3 is 2.10 bits per heavy atom. The summed E-state index contributed by atoms with van der Waals surface area (Å²) in [4.78, 5) is 10.1. The van der Waals surface area contributed by atoms with Crippen LogP contribution in [0.2, 0.25) is 0 Å². The molecule has 60 valence electrons. The molecule has 0 aromatic rings. The van der Waals surface area contributed by atoms with E-state index in [4.69, 9.17) is 10.8 Å². The van der Waals surface area contributed by atoms with Crippen molar-refractivity contribution in [3.63, 3.8) is 0 Å². The second-order valence-corrected chi connectivity index (χ2v) is 4.12. The second kappa shape index (κ2) is 2.98. The number of carboxylic acids is 1. The molecule has 0 radical (unpaired) electrons. The first-order chi connectivity index (χ1) is 4.39. The van der Waals surface area contributed by atoms with Crippen molar-refractivity contribution in [2.24, 2.45) is 5.73 Å². The van der Waals surface area contributed by atoms with Crippen LogP contribution in [-0.4, -0.2) is 37.5 Å². The largest absolute Gasteiger partial charge is 0.480 e. The molecule has 0 rings (SSSR count). The molecular formula is C4H9NO4S. The standard InChI is InChI=1S/C4H9NO4S/c1-10(8,9)3(2-5)4(6)7/h3H,2,5H2,1H3,(H,6,7). The Hall–Kier alpha value is -0.620. The van der Waals surface area contributed by atoms with Gasteiger partial charge in [-0.25, -0.2) is 8.42 Å². The number of sulfone groups is 1. The molecule has 0 aliphatic carbocycles. The highest BCUT2D eigenvalue weighted by atomic mass is 32.2. The van der Waals surface area contributed by atoms with Gasteiger partial charge in [-0.2, -0.15) is 0 Å². The molecule has 0 aliphatic heterocycles. The lowest BCUT2D eigenvalue weighted by molar-refractivity contribution is -0.136. The Bertz CT molecular complexity index is 219. The number of nitrogens with two attached hydrogens (primary N) is 1. The minimum Gasteiger partial charge on any atom is -0.480 e. The molecule has 0 fully saturated rings. The molecule has 0 heterocycles. The van der Waals surface area contributed by atoms with E-state index in [1.165, 1.54) is 0 Å². The predicted octanol–water partition coefficient (Wildman–Crippen LogP) is -1.56. The highest BCUT2D eigenvalue weighted by Crippen LogP contribution is 1.95. The van der Waals surface area contributed by atoms with Gasteiger partial charge < -0.3 is 10.8 Å². The zero-order chi connectivity index (χ0) is 8.36. The highest BCUT2D eigenvalue weighted by molar-refractivity contribution is 7.92. The summed E-state index contributed by atoms with van der Waals surface area (Å²) >= 11 is 0. The fourth-order valence-electron chi connectivity index (χ4n) is 0.459. The molecule has 10 heavy (non-hydrogen) atoms. The normalized spacial score (nSPS) is 14.6. The Kier molecular flexibility index (Phi) is 2.79. The lowest BCUT2D eigenvalue weighted by Gasteiger charge is -2.04. The molecular weight excluding hydrogens is 158 g/mol. The van der Waals surface area contributed by atoms with E-state index in [0.29, 0.717) is 0 Å². The molecule has 0 saturated carbocycles. The van der Waals surface area contributed by atoms with Crippen molar-refractivity contribution < 1.29 is 18.3 Å². The maximum atomic E-state index is 10.5. The van der Waals surface area contributed by atoms with E-state index in [1.807, 2.05) is 0 Å². The zero-order valence-electron chi connectivity index (χ0n) is 5.44. The summed E-state index contributed by atoms with van der Waals surface area (Å²) in [5.41, 5.74) is 4.90. The van der Waals surface area contributed by atoms with Crippen molar-refractivity contribution in [2.75, 3.05) is 12.8 Å². The first-order valence-corrected chi connectivity index (χ1v) is 4.46. The molecule has 0 aromatic carbocycles. The second-order valence-electron chi connectivity index (χ2n) is 1.89. The quantitative estimate of drug-likeness (QED) is 0.530. The molecule has 1 unspecified atom stereocenters. The van der Waals surface area contributed by atoms with E-state index < -0.39 is 21.1 Å². The molecule has 0 aromatic heterocycles. The van der Waals surface area contributed by atoms with E-state index in [2.05, 4.69) is 0 Å². The lowest BCUT2D eigenvalue weighted by Crippen LogP contribution is -2.36. The average molecular weight is 167 g/mol. The third-order valence-corrected chi connectivity index (χ3v) is 2.43. The molecule has 0 amide bonds. The number of carboxylic acid groups (broad SMARTS) is 1. The fourth-order valence-corrected chi connectivity index (χ4v) is 1.17. The fraction of sp³-hybridized carbons (Fsp3) is 0.750. The molecule has 0 bridgehead atoms. The van der Waals surface area contributed by atoms with Crippen molar-refractivity contribution in [1.82, 2.24) is 0 Å². The van der Waals surface area contributed by atoms with Gasteiger partial charge in [0, 0.05) is 12.8 Å². The van der Waals surface area contributed by atoms with E-state index in [0.717, 1.165) is 6.26 Å². The number of carbonyl (C=O) groups is 1. The van der Waals surface area contributed by atoms with E-state index in [-0.39, 0.29) is 6.54 Å². The van der Waals surface area contributed by atoms with Crippen molar-refractivity contribution in [3.8, 4) is 0 Å². The first-order valence-electron chi connectivity index (χ1n) is 2.51. The molecule has 0 aliphatic rings. The summed E-state index contributed by atoms with van der Waals surface area (Å²) < 4.78 is 21.1. The minimum absolute atomic E-state index is 0.381. The number of aliphatic carboxylic acids is 1. The van der Waals surface area contributed by atoms with Gasteiger partial charge in [0.1, 0.15) is 0 Å². The molecule has 6 heteroatoms. The summed E-state index contributed by atoms with van der Waals surface area (Å²) in [6.07, 6.45) is 0.846. The Morgan fingerprint density at radius 2 is 2.10 bits per heavy atom. The molecule has 0 spiro atoms. The van der Waals surface area contributed by atoms with Gasteiger partial charge in [-0.1, -0.05) is 0 Å². The molecule has 1 atom stereocenters. The number of hydrogen-bond acceptors (Lipinski definition) is 4. The van der Waals surface area contributed by atoms with Crippen LogP contribution in [0.3, 0.4) is 0 Å². The van der Waals surface area contributed by atoms with Crippen LogP contribution in [0.25, 0.3) is 0 Å². The van der Waals surface area contributed by atoms with Crippen molar-refractivity contribution >= 4 is 15.8 Å². The maximum Gasteiger partial charge on any atom is 0.323 e. The van der Waals surface area contributed by atoms with E-state index >= 15 is 0 Å². The SMILES string of the molecule is CS(=O)(=O)C(CN)C(=O)O. The van der Waals surface area contributed by atoms with Crippen LogP contribution in [0.1, 0.15) is 0 Å². The van der Waals surface area contributed by atoms with Gasteiger partial charge in [0.15, 0.2) is 15.1 Å². The van der Waals surface area contributed by atoms with Crippen LogP contribution < -0.4 is 5.73 Å². The topological polar surface area (TPSA) is 97.5 Å². The van der Waals surface area contributed by atoms with Crippen molar-refractivity contribution in [2.45, 2.75) is 5.25 Å². The van der Waals surface area contributed by atoms with Gasteiger partial charge in [0.05, 0.1) is 0 Å². The summed E-state index contributed by atoms with van der Waals surface area (Å²) in [6.45, 7) is -0.381. The van der Waals surface area contributed by atoms with E-state index in [9.17, 15) is 13.2 Å². The van der Waals surface area contributed by atoms with Crippen molar-refractivity contribution in [1.29, 1.82) is 0 Å². The number of rotatable bonds is 3. The zero-order valence-corrected chi connectivity index (χ0v) is 6.26. The van der Waals surface area contributed by atoms with Gasteiger partial charge in [-0.05, 0) is 0 Å². The smallest absolute Gasteiger partial charge is 0.323 e. The molecule has 5 nitrogen and oxygen atoms in total. The van der Waals surface area contributed by atoms with E-state index in [1.54, 1.807) is 0 Å². The number of hydrogen-bond donors (Lipinski definition) is 2. The minimum atomic E-state index is -3.54. The Balaban J connectivity index is 4.55. The van der Waals surface area contributed by atoms with Crippen LogP contribution in [0.4, 0.5) is 0 Å². The summed E-state index contributed by atoms with van der Waals surface area (Å²) in [5, 5.41) is 6.78. The van der Waals surface area contributed by atoms with Crippen LogP contribution in [0.5, 0.6) is 0 Å². The monoisotopic (exact) mass is 167 g/mol. The van der Waals surface area contributed by atoms with Crippen LogP contribution in [0.15, 0.2) is 0 Å². The van der Waals surface area contributed by atoms with Gasteiger partial charge in [-0.3, -0.25) is 4.79 Å². The molecule has 3 N–H and O–H groups in total. The molecule has 0 saturated heterocycles. The van der Waals surface area contributed by atoms with Crippen LogP contribution in [0, 0.1) is 0 Å². The maximum absolute atomic E-state index is 10.5. The Labute approximate surface area is 58.8 Å². The van der Waals surface area contributed by atoms with Gasteiger partial charge >= 0.3 is 5.97 Å².